The lowest BCUT2D eigenvalue weighted by Crippen LogP contribution is -2.59. The van der Waals surface area contributed by atoms with Gasteiger partial charge in [0.1, 0.15) is 0 Å². The summed E-state index contributed by atoms with van der Waals surface area (Å²) in [5.74, 6) is 0. The van der Waals surface area contributed by atoms with Gasteiger partial charge in [-0.15, -0.1) is 0 Å². The van der Waals surface area contributed by atoms with Crippen LogP contribution in [0.4, 0.5) is 0 Å². The first-order chi connectivity index (χ1) is 25.8. The third kappa shape index (κ3) is 2.70. The molecule has 0 saturated carbocycles. The van der Waals surface area contributed by atoms with Crippen LogP contribution in [0.25, 0.3) is 71.3 Å². The third-order valence-electron chi connectivity index (χ3n) is 13.4. The summed E-state index contributed by atoms with van der Waals surface area (Å²) in [6, 6.07) is 60.7. The minimum absolute atomic E-state index is 0.0908. The molecule has 3 heterocycles. The molecule has 234 valence electrons. The summed E-state index contributed by atoms with van der Waals surface area (Å²) in [6.45, 7) is 0.0908. The van der Waals surface area contributed by atoms with E-state index in [1.54, 1.807) is 0 Å². The van der Waals surface area contributed by atoms with Gasteiger partial charge < -0.3 is 4.57 Å². The Balaban J connectivity index is 1.16. The van der Waals surface area contributed by atoms with Gasteiger partial charge in [-0.25, -0.2) is 0 Å². The summed E-state index contributed by atoms with van der Waals surface area (Å²) in [5.41, 5.74) is 22.0. The molecule has 2 aliphatic carbocycles. The van der Waals surface area contributed by atoms with Crippen LogP contribution < -0.4 is 27.3 Å². The zero-order chi connectivity index (χ0) is 33.4. The molecule has 0 radical (unpaired) electrons. The maximum Gasteiger partial charge on any atom is 0.247 e. The number of nitrogens with zero attached hydrogens (tertiary/aromatic N) is 1. The highest BCUT2D eigenvalue weighted by Gasteiger charge is 2.53. The molecule has 0 amide bonds. The van der Waals surface area contributed by atoms with Crippen molar-refractivity contribution in [1.82, 2.24) is 4.57 Å². The summed E-state index contributed by atoms with van der Waals surface area (Å²) in [6.07, 6.45) is 0. The lowest BCUT2D eigenvalue weighted by molar-refractivity contribution is 0.794. The van der Waals surface area contributed by atoms with Crippen LogP contribution in [0.2, 0.25) is 0 Å². The predicted molar refractivity (Wildman–Crippen MR) is 221 cm³/mol. The molecular weight excluding hydrogens is 624 g/mol. The van der Waals surface area contributed by atoms with Crippen LogP contribution in [0.3, 0.4) is 0 Å². The highest BCUT2D eigenvalue weighted by atomic mass is 15.0. The molecule has 0 N–H and O–H groups in total. The Morgan fingerprint density at radius 2 is 0.981 bits per heavy atom. The fourth-order valence-corrected chi connectivity index (χ4v) is 11.7. The van der Waals surface area contributed by atoms with Crippen molar-refractivity contribution in [2.24, 2.45) is 0 Å². The number of hydrogen-bond donors (Lipinski definition) is 0. The van der Waals surface area contributed by atoms with E-state index in [0.717, 1.165) is 7.28 Å². The molecular formula is C49H27B2N. The van der Waals surface area contributed by atoms with Crippen LogP contribution in [-0.2, 0) is 5.41 Å². The van der Waals surface area contributed by atoms with Crippen molar-refractivity contribution in [3.05, 3.63) is 180 Å². The molecule has 0 bridgehead atoms. The lowest BCUT2D eigenvalue weighted by atomic mass is 9.34. The van der Waals surface area contributed by atoms with Gasteiger partial charge in [0, 0.05) is 27.5 Å². The van der Waals surface area contributed by atoms with Gasteiger partial charge in [0.25, 0.3) is 0 Å². The Morgan fingerprint density at radius 1 is 0.404 bits per heavy atom. The topological polar surface area (TPSA) is 4.93 Å². The van der Waals surface area contributed by atoms with Gasteiger partial charge in [-0.3, -0.25) is 0 Å². The van der Waals surface area contributed by atoms with Crippen molar-refractivity contribution < 1.29 is 0 Å². The molecule has 0 atom stereocenters. The summed E-state index contributed by atoms with van der Waals surface area (Å²) in [5, 5.41) is 8.30. The minimum atomic E-state index is -0.359. The second kappa shape index (κ2) is 8.76. The molecule has 0 unspecified atom stereocenters. The first kappa shape index (κ1) is 26.5. The molecule has 4 aliphatic rings. The second-order valence-electron chi connectivity index (χ2n) is 15.4. The van der Waals surface area contributed by atoms with Gasteiger partial charge >= 0.3 is 0 Å². The fourth-order valence-electron chi connectivity index (χ4n) is 11.7. The molecule has 9 aromatic carbocycles. The number of hydrogen-bond acceptors (Lipinski definition) is 0. The zero-order valence-electron chi connectivity index (χ0n) is 28.2. The number of fused-ring (bicyclic) bond motifs is 13. The second-order valence-corrected chi connectivity index (χ2v) is 15.4. The number of para-hydroxylation sites is 1. The van der Waals surface area contributed by atoms with Gasteiger partial charge in [0.2, 0.25) is 6.71 Å². The molecule has 10 aromatic rings. The van der Waals surface area contributed by atoms with E-state index >= 15 is 0 Å². The third-order valence-corrected chi connectivity index (χ3v) is 13.4. The van der Waals surface area contributed by atoms with E-state index in [1.807, 2.05) is 0 Å². The summed E-state index contributed by atoms with van der Waals surface area (Å²) in [4.78, 5) is 0. The van der Waals surface area contributed by atoms with E-state index in [1.165, 1.54) is 121 Å². The van der Waals surface area contributed by atoms with E-state index < -0.39 is 0 Å². The summed E-state index contributed by atoms with van der Waals surface area (Å²) >= 11 is 0. The Kier molecular flexibility index (Phi) is 4.46. The van der Waals surface area contributed by atoms with Crippen LogP contribution in [0.5, 0.6) is 0 Å². The van der Waals surface area contributed by atoms with E-state index in [-0.39, 0.29) is 12.1 Å². The van der Waals surface area contributed by atoms with Crippen LogP contribution in [0.1, 0.15) is 22.3 Å². The molecule has 1 aromatic heterocycles. The molecule has 1 spiro atoms. The molecule has 2 aliphatic heterocycles. The minimum Gasteiger partial charge on any atom is -0.311 e. The Bertz CT molecular complexity index is 3250. The summed E-state index contributed by atoms with van der Waals surface area (Å²) in [7, 11) is 0.960. The molecule has 52 heavy (non-hydrogen) atoms. The average molecular weight is 651 g/mol. The Morgan fingerprint density at radius 3 is 1.73 bits per heavy atom. The standard InChI is InChI=1S/C49H27B2N/c1-2-12-28-27(11-1)31-23-25-39-47-44(31)45-32(28)24-26-42-48(45)52(47)46-38(50-39)20-10-22-41(46)51(42)40-21-9-19-37-43(40)33-15-5-8-18-36(33)49(37)34-16-6-3-13-29(34)30-14-4-7-17-35(30)49/h1-26,50H. The maximum absolute atomic E-state index is 2.68. The quantitative estimate of drug-likeness (QED) is 0.129. The molecule has 0 saturated heterocycles. The van der Waals surface area contributed by atoms with Crippen molar-refractivity contribution in [2.45, 2.75) is 5.41 Å². The number of aromatic nitrogens is 1. The highest BCUT2D eigenvalue weighted by Crippen LogP contribution is 2.62. The maximum atomic E-state index is 2.68. The van der Waals surface area contributed by atoms with Crippen LogP contribution in [0.15, 0.2) is 158 Å². The van der Waals surface area contributed by atoms with Crippen molar-refractivity contribution in [2.75, 3.05) is 0 Å². The molecule has 0 fully saturated rings. The van der Waals surface area contributed by atoms with Crippen LogP contribution >= 0.6 is 0 Å². The van der Waals surface area contributed by atoms with Gasteiger partial charge in [-0.1, -0.05) is 174 Å². The molecule has 1 nitrogen and oxygen atoms in total. The smallest absolute Gasteiger partial charge is 0.247 e. The first-order valence-corrected chi connectivity index (χ1v) is 18.6. The van der Waals surface area contributed by atoms with Crippen molar-refractivity contribution in [1.29, 1.82) is 0 Å². The molecule has 3 heteroatoms. The van der Waals surface area contributed by atoms with Crippen LogP contribution in [0, 0.1) is 0 Å². The van der Waals surface area contributed by atoms with E-state index in [4.69, 9.17) is 0 Å². The predicted octanol–water partition coefficient (Wildman–Crippen LogP) is 7.40. The van der Waals surface area contributed by atoms with E-state index in [0.29, 0.717) is 0 Å². The largest absolute Gasteiger partial charge is 0.311 e. The summed E-state index contributed by atoms with van der Waals surface area (Å²) < 4.78 is 2.68. The van der Waals surface area contributed by atoms with Gasteiger partial charge in [0.05, 0.1) is 5.41 Å². The fraction of sp³-hybridized carbons (Fsp3) is 0.0204. The Labute approximate surface area is 301 Å². The SMILES string of the molecule is B1c2cccc3c2-n2c4c1ccc1c5ccccc5c5ccc(c2c5c14)B3c1cccc2c1-c1ccccc1C21c2ccccc2-c2ccccc21. The number of rotatable bonds is 1. The van der Waals surface area contributed by atoms with Gasteiger partial charge in [-0.05, 0) is 77.0 Å². The molecule has 14 rings (SSSR count). The van der Waals surface area contributed by atoms with Gasteiger partial charge in [0.15, 0.2) is 7.28 Å². The monoisotopic (exact) mass is 651 g/mol. The average Bonchev–Trinajstić information content (AvgIpc) is 3.83. The van der Waals surface area contributed by atoms with Crippen molar-refractivity contribution in [3.8, 4) is 27.9 Å². The van der Waals surface area contributed by atoms with Crippen molar-refractivity contribution in [3.63, 3.8) is 0 Å². The van der Waals surface area contributed by atoms with Crippen LogP contribution in [-0.4, -0.2) is 18.6 Å². The van der Waals surface area contributed by atoms with E-state index in [2.05, 4.69) is 162 Å². The number of benzene rings is 9. The highest BCUT2D eigenvalue weighted by molar-refractivity contribution is 6.99. The van der Waals surface area contributed by atoms with E-state index in [9.17, 15) is 0 Å². The van der Waals surface area contributed by atoms with Crippen molar-refractivity contribution >= 4 is 84.7 Å². The lowest BCUT2D eigenvalue weighted by Gasteiger charge is -2.33. The first-order valence-electron chi connectivity index (χ1n) is 18.6. The zero-order valence-corrected chi connectivity index (χ0v) is 28.2. The van der Waals surface area contributed by atoms with Gasteiger partial charge in [-0.2, -0.15) is 0 Å². The Hall–Kier alpha value is -6.31. The normalized spacial score (nSPS) is 14.8.